The highest BCUT2D eigenvalue weighted by atomic mass is 16.2. The molecular weight excluding hydrogens is 200 g/mol. The number of nitrogens with zero attached hydrogens (tertiary/aromatic N) is 1. The van der Waals surface area contributed by atoms with Gasteiger partial charge in [-0.25, -0.2) is 0 Å². The monoisotopic (exact) mass is 218 g/mol. The van der Waals surface area contributed by atoms with Crippen LogP contribution < -0.4 is 10.6 Å². The molecule has 1 saturated heterocycles. The van der Waals surface area contributed by atoms with Crippen molar-refractivity contribution < 1.29 is 4.79 Å². The minimum atomic E-state index is -0.0164. The second-order valence-corrected chi connectivity index (χ2v) is 4.71. The third kappa shape index (κ3) is 2.09. The Kier molecular flexibility index (Phi) is 2.97. The zero-order chi connectivity index (χ0) is 11.7. The summed E-state index contributed by atoms with van der Waals surface area (Å²) < 4.78 is 0. The molecule has 16 heavy (non-hydrogen) atoms. The van der Waals surface area contributed by atoms with Crippen molar-refractivity contribution in [2.45, 2.75) is 32.2 Å². The third-order valence-corrected chi connectivity index (χ3v) is 3.03. The molecule has 3 nitrogen and oxygen atoms in total. The number of nitrogens with two attached hydrogens (primary N) is 1. The van der Waals surface area contributed by atoms with Crippen LogP contribution in [-0.2, 0) is 4.79 Å². The van der Waals surface area contributed by atoms with Gasteiger partial charge in [0, 0.05) is 24.7 Å². The van der Waals surface area contributed by atoms with E-state index in [1.807, 2.05) is 12.1 Å². The summed E-state index contributed by atoms with van der Waals surface area (Å²) in [7, 11) is 0. The second kappa shape index (κ2) is 4.26. The fraction of sp³-hybridized carbons (Fsp3) is 0.462. The number of carbonyl (C=O) groups is 1. The molecule has 1 aromatic carbocycles. The summed E-state index contributed by atoms with van der Waals surface area (Å²) >= 11 is 0. The quantitative estimate of drug-likeness (QED) is 0.823. The van der Waals surface area contributed by atoms with Crippen LogP contribution in [0.3, 0.4) is 0 Å². The largest absolute Gasteiger partial charge is 0.326 e. The fourth-order valence-electron chi connectivity index (χ4n) is 2.02. The lowest BCUT2D eigenvalue weighted by Crippen LogP contribution is -2.27. The number of hydrogen-bond donors (Lipinski definition) is 1. The summed E-state index contributed by atoms with van der Waals surface area (Å²) in [4.78, 5) is 13.4. The van der Waals surface area contributed by atoms with Crippen LogP contribution in [0.5, 0.6) is 0 Å². The topological polar surface area (TPSA) is 46.3 Å². The Morgan fingerprint density at radius 2 is 1.94 bits per heavy atom. The van der Waals surface area contributed by atoms with E-state index in [2.05, 4.69) is 26.0 Å². The van der Waals surface area contributed by atoms with Gasteiger partial charge in [0.05, 0.1) is 0 Å². The van der Waals surface area contributed by atoms with Crippen LogP contribution in [0.25, 0.3) is 0 Å². The maximum absolute atomic E-state index is 11.6. The molecule has 0 radical (unpaired) electrons. The summed E-state index contributed by atoms with van der Waals surface area (Å²) in [5, 5.41) is 0. The highest BCUT2D eigenvalue weighted by Gasteiger charge is 2.27. The van der Waals surface area contributed by atoms with Gasteiger partial charge in [-0.3, -0.25) is 4.79 Å². The van der Waals surface area contributed by atoms with Gasteiger partial charge in [0.2, 0.25) is 5.91 Å². The molecule has 2 N–H and O–H groups in total. The number of anilines is 1. The first-order valence-corrected chi connectivity index (χ1v) is 5.74. The standard InChI is InChI=1S/C13H18N2O/c1-9(2)10-3-5-12(6-4-10)15-8-11(14)7-13(15)16/h3-6,9,11H,7-8,14H2,1-2H3. The lowest BCUT2D eigenvalue weighted by atomic mass is 10.0. The number of carbonyl (C=O) groups excluding carboxylic acids is 1. The van der Waals surface area contributed by atoms with E-state index in [9.17, 15) is 4.79 Å². The van der Waals surface area contributed by atoms with E-state index in [0.29, 0.717) is 18.9 Å². The summed E-state index contributed by atoms with van der Waals surface area (Å²) in [6.07, 6.45) is 0.464. The number of amides is 1. The van der Waals surface area contributed by atoms with Gasteiger partial charge in [0.15, 0.2) is 0 Å². The van der Waals surface area contributed by atoms with Gasteiger partial charge in [0.1, 0.15) is 0 Å². The van der Waals surface area contributed by atoms with Crippen molar-refractivity contribution in [3.63, 3.8) is 0 Å². The summed E-state index contributed by atoms with van der Waals surface area (Å²) in [5.74, 6) is 0.649. The molecule has 0 bridgehead atoms. The van der Waals surface area contributed by atoms with Crippen molar-refractivity contribution in [2.24, 2.45) is 5.73 Å². The van der Waals surface area contributed by atoms with Gasteiger partial charge in [0.25, 0.3) is 0 Å². The first-order valence-electron chi connectivity index (χ1n) is 5.74. The van der Waals surface area contributed by atoms with Gasteiger partial charge in [-0.2, -0.15) is 0 Å². The van der Waals surface area contributed by atoms with E-state index in [1.165, 1.54) is 5.56 Å². The highest BCUT2D eigenvalue weighted by Crippen LogP contribution is 2.23. The van der Waals surface area contributed by atoms with E-state index in [4.69, 9.17) is 5.73 Å². The number of rotatable bonds is 2. The van der Waals surface area contributed by atoms with Gasteiger partial charge in [-0.05, 0) is 23.6 Å². The summed E-state index contributed by atoms with van der Waals surface area (Å²) in [6.45, 7) is 4.96. The first kappa shape index (κ1) is 11.1. The van der Waals surface area contributed by atoms with Gasteiger partial charge >= 0.3 is 0 Å². The molecular formula is C13H18N2O. The van der Waals surface area contributed by atoms with Crippen LogP contribution in [0.1, 0.15) is 31.7 Å². The van der Waals surface area contributed by atoms with Crippen molar-refractivity contribution in [2.75, 3.05) is 11.4 Å². The van der Waals surface area contributed by atoms with Crippen molar-refractivity contribution in [1.82, 2.24) is 0 Å². The van der Waals surface area contributed by atoms with E-state index in [1.54, 1.807) is 4.90 Å². The number of benzene rings is 1. The summed E-state index contributed by atoms with van der Waals surface area (Å²) in [5.41, 5.74) is 8.02. The Bertz CT molecular complexity index is 383. The minimum Gasteiger partial charge on any atom is -0.326 e. The second-order valence-electron chi connectivity index (χ2n) is 4.71. The predicted octanol–water partition coefficient (Wildman–Crippen LogP) is 1.87. The normalized spacial score (nSPS) is 20.9. The summed E-state index contributed by atoms with van der Waals surface area (Å²) in [6, 6.07) is 8.16. The molecule has 1 aliphatic heterocycles. The molecule has 1 unspecified atom stereocenters. The van der Waals surface area contributed by atoms with Crippen LogP contribution in [0.2, 0.25) is 0 Å². The van der Waals surface area contributed by atoms with E-state index in [-0.39, 0.29) is 11.9 Å². The Morgan fingerprint density at radius 3 is 2.38 bits per heavy atom. The average molecular weight is 218 g/mol. The molecule has 2 rings (SSSR count). The average Bonchev–Trinajstić information content (AvgIpc) is 2.58. The molecule has 1 aromatic rings. The van der Waals surface area contributed by atoms with Gasteiger partial charge in [-0.15, -0.1) is 0 Å². The molecule has 1 amide bonds. The lowest BCUT2D eigenvalue weighted by molar-refractivity contribution is -0.117. The Labute approximate surface area is 96.2 Å². The fourth-order valence-corrected chi connectivity index (χ4v) is 2.02. The predicted molar refractivity (Wildman–Crippen MR) is 65.5 cm³/mol. The molecule has 0 aliphatic carbocycles. The van der Waals surface area contributed by atoms with Crippen molar-refractivity contribution >= 4 is 11.6 Å². The molecule has 3 heteroatoms. The molecule has 1 heterocycles. The molecule has 0 saturated carbocycles. The van der Waals surface area contributed by atoms with Gasteiger partial charge < -0.3 is 10.6 Å². The lowest BCUT2D eigenvalue weighted by Gasteiger charge is -2.17. The van der Waals surface area contributed by atoms with Crippen molar-refractivity contribution in [3.05, 3.63) is 29.8 Å². The SMILES string of the molecule is CC(C)c1ccc(N2CC(N)CC2=O)cc1. The van der Waals surface area contributed by atoms with E-state index >= 15 is 0 Å². The van der Waals surface area contributed by atoms with Crippen LogP contribution in [0.15, 0.2) is 24.3 Å². The molecule has 1 fully saturated rings. The Morgan fingerprint density at radius 1 is 1.31 bits per heavy atom. The molecule has 1 atom stereocenters. The van der Waals surface area contributed by atoms with Crippen molar-refractivity contribution in [1.29, 1.82) is 0 Å². The zero-order valence-corrected chi connectivity index (χ0v) is 9.81. The smallest absolute Gasteiger partial charge is 0.228 e. The van der Waals surface area contributed by atoms with E-state index in [0.717, 1.165) is 5.69 Å². The Balaban J connectivity index is 2.19. The van der Waals surface area contributed by atoms with Crippen molar-refractivity contribution in [3.8, 4) is 0 Å². The van der Waals surface area contributed by atoms with Crippen LogP contribution >= 0.6 is 0 Å². The first-order chi connectivity index (χ1) is 7.58. The molecule has 1 aliphatic rings. The van der Waals surface area contributed by atoms with Crippen LogP contribution in [0.4, 0.5) is 5.69 Å². The molecule has 0 aromatic heterocycles. The minimum absolute atomic E-state index is 0.0164. The highest BCUT2D eigenvalue weighted by molar-refractivity contribution is 5.96. The number of hydrogen-bond acceptors (Lipinski definition) is 2. The molecule has 0 spiro atoms. The maximum atomic E-state index is 11.6. The zero-order valence-electron chi connectivity index (χ0n) is 9.81. The Hall–Kier alpha value is -1.35. The van der Waals surface area contributed by atoms with Crippen LogP contribution in [-0.4, -0.2) is 18.5 Å². The van der Waals surface area contributed by atoms with Gasteiger partial charge in [-0.1, -0.05) is 26.0 Å². The van der Waals surface area contributed by atoms with E-state index < -0.39 is 0 Å². The van der Waals surface area contributed by atoms with Crippen LogP contribution in [0, 0.1) is 0 Å². The maximum Gasteiger partial charge on any atom is 0.228 e. The third-order valence-electron chi connectivity index (χ3n) is 3.03. The molecule has 86 valence electrons.